The van der Waals surface area contributed by atoms with Gasteiger partial charge in [0.2, 0.25) is 5.91 Å². The fourth-order valence-electron chi connectivity index (χ4n) is 4.48. The quantitative estimate of drug-likeness (QED) is 0.903. The van der Waals surface area contributed by atoms with Crippen LogP contribution in [0.1, 0.15) is 30.4 Å². The van der Waals surface area contributed by atoms with Gasteiger partial charge in [-0.2, -0.15) is 0 Å². The normalized spacial score (nSPS) is 33.3. The van der Waals surface area contributed by atoms with E-state index in [9.17, 15) is 4.79 Å². The number of hydrogen-bond donors (Lipinski definition) is 1. The Kier molecular flexibility index (Phi) is 2.96. The number of carbonyl (C=O) groups is 1. The van der Waals surface area contributed by atoms with E-state index in [1.54, 1.807) is 7.11 Å². The summed E-state index contributed by atoms with van der Waals surface area (Å²) in [5, 5.41) is 0. The molecule has 1 unspecified atom stereocenters. The molecule has 2 aliphatic carbocycles. The average molecular weight is 286 g/mol. The SMILES string of the molecule is COc1cccc2c1CN(C(=O)C1C[C@@H]3C[C@H](N)[C@@H]3C1)C2. The summed E-state index contributed by atoms with van der Waals surface area (Å²) in [5.74, 6) is 2.70. The van der Waals surface area contributed by atoms with Crippen LogP contribution in [0.25, 0.3) is 0 Å². The smallest absolute Gasteiger partial charge is 0.226 e. The van der Waals surface area contributed by atoms with Crippen LogP contribution in [0.3, 0.4) is 0 Å². The summed E-state index contributed by atoms with van der Waals surface area (Å²) in [6.45, 7) is 1.42. The highest BCUT2D eigenvalue weighted by Crippen LogP contribution is 2.49. The van der Waals surface area contributed by atoms with E-state index in [1.165, 1.54) is 11.1 Å². The number of methoxy groups -OCH3 is 1. The van der Waals surface area contributed by atoms with Crippen molar-refractivity contribution < 1.29 is 9.53 Å². The number of nitrogens with two attached hydrogens (primary N) is 1. The minimum atomic E-state index is 0.189. The first-order valence-electron chi connectivity index (χ1n) is 7.86. The first-order chi connectivity index (χ1) is 10.2. The van der Waals surface area contributed by atoms with Gasteiger partial charge in [-0.15, -0.1) is 0 Å². The zero-order valence-corrected chi connectivity index (χ0v) is 12.4. The Hall–Kier alpha value is -1.55. The molecule has 1 heterocycles. The fraction of sp³-hybridized carbons (Fsp3) is 0.588. The summed E-state index contributed by atoms with van der Waals surface area (Å²) in [6.07, 6.45) is 3.15. The van der Waals surface area contributed by atoms with Crippen molar-refractivity contribution in [1.29, 1.82) is 0 Å². The number of benzene rings is 1. The van der Waals surface area contributed by atoms with Crippen LogP contribution in [-0.2, 0) is 17.9 Å². The van der Waals surface area contributed by atoms with Crippen LogP contribution in [0, 0.1) is 17.8 Å². The Bertz CT molecular complexity index is 586. The number of rotatable bonds is 2. The van der Waals surface area contributed by atoms with Crippen molar-refractivity contribution in [3.8, 4) is 5.75 Å². The fourth-order valence-corrected chi connectivity index (χ4v) is 4.48. The van der Waals surface area contributed by atoms with Gasteiger partial charge in [0.1, 0.15) is 5.75 Å². The van der Waals surface area contributed by atoms with Crippen LogP contribution in [0.5, 0.6) is 5.75 Å². The summed E-state index contributed by atoms with van der Waals surface area (Å²) in [7, 11) is 1.69. The largest absolute Gasteiger partial charge is 0.496 e. The highest BCUT2D eigenvalue weighted by atomic mass is 16.5. The molecule has 2 fully saturated rings. The first-order valence-corrected chi connectivity index (χ1v) is 7.86. The minimum absolute atomic E-state index is 0.189. The molecule has 112 valence electrons. The molecule has 0 aromatic heterocycles. The molecular weight excluding hydrogens is 264 g/mol. The molecule has 2 saturated carbocycles. The molecule has 1 aromatic carbocycles. The minimum Gasteiger partial charge on any atom is -0.496 e. The molecular formula is C17H22N2O2. The van der Waals surface area contributed by atoms with Gasteiger partial charge in [0, 0.05) is 30.6 Å². The second kappa shape index (κ2) is 4.73. The molecule has 1 aliphatic heterocycles. The highest BCUT2D eigenvalue weighted by molar-refractivity contribution is 5.80. The lowest BCUT2D eigenvalue weighted by molar-refractivity contribution is -0.136. The van der Waals surface area contributed by atoms with Crippen LogP contribution < -0.4 is 10.5 Å². The van der Waals surface area contributed by atoms with Crippen molar-refractivity contribution >= 4 is 5.91 Å². The predicted molar refractivity (Wildman–Crippen MR) is 79.5 cm³/mol. The summed E-state index contributed by atoms with van der Waals surface area (Å²) in [4.78, 5) is 14.8. The third-order valence-corrected chi connectivity index (χ3v) is 5.70. The molecule has 0 radical (unpaired) electrons. The second-order valence-corrected chi connectivity index (χ2v) is 6.78. The standard InChI is InChI=1S/C17H22N2O2/c1-21-16-4-2-3-10-8-19(9-14(10)16)17(20)12-5-11-7-15(18)13(11)6-12/h2-4,11-13,15H,5-9,18H2,1H3/t11-,12?,13-,15+/m1/s1. The zero-order valence-electron chi connectivity index (χ0n) is 12.4. The summed E-state index contributed by atoms with van der Waals surface area (Å²) in [6, 6.07) is 6.41. The Balaban J connectivity index is 1.48. The first kappa shape index (κ1) is 13.1. The van der Waals surface area contributed by atoms with Crippen LogP contribution in [0.4, 0.5) is 0 Å². The molecule has 4 atom stereocenters. The Morgan fingerprint density at radius 3 is 2.86 bits per heavy atom. The lowest BCUT2D eigenvalue weighted by Crippen LogP contribution is -2.44. The van der Waals surface area contributed by atoms with Crippen molar-refractivity contribution in [2.45, 2.75) is 38.4 Å². The maximum Gasteiger partial charge on any atom is 0.226 e. The third-order valence-electron chi connectivity index (χ3n) is 5.70. The van der Waals surface area contributed by atoms with Gasteiger partial charge in [0.15, 0.2) is 0 Å². The van der Waals surface area contributed by atoms with Gasteiger partial charge in [-0.25, -0.2) is 0 Å². The van der Waals surface area contributed by atoms with Crippen LogP contribution in [0.15, 0.2) is 18.2 Å². The van der Waals surface area contributed by atoms with Gasteiger partial charge in [0.05, 0.1) is 7.11 Å². The highest BCUT2D eigenvalue weighted by Gasteiger charge is 2.48. The van der Waals surface area contributed by atoms with Gasteiger partial charge in [0.25, 0.3) is 0 Å². The van der Waals surface area contributed by atoms with E-state index in [1.807, 2.05) is 17.0 Å². The number of ether oxygens (including phenoxy) is 1. The van der Waals surface area contributed by atoms with Crippen LogP contribution in [-0.4, -0.2) is 24.0 Å². The molecule has 2 N–H and O–H groups in total. The predicted octanol–water partition coefficient (Wildman–Crippen LogP) is 1.91. The molecule has 0 saturated heterocycles. The van der Waals surface area contributed by atoms with E-state index in [2.05, 4.69) is 6.07 Å². The molecule has 3 aliphatic rings. The van der Waals surface area contributed by atoms with E-state index in [0.29, 0.717) is 30.3 Å². The molecule has 1 amide bonds. The summed E-state index contributed by atoms with van der Waals surface area (Å²) in [5.41, 5.74) is 8.44. The van der Waals surface area contributed by atoms with Crippen molar-refractivity contribution in [2.24, 2.45) is 23.5 Å². The average Bonchev–Trinajstić information content (AvgIpc) is 3.06. The van der Waals surface area contributed by atoms with Gasteiger partial charge in [-0.3, -0.25) is 4.79 Å². The molecule has 1 aromatic rings. The van der Waals surface area contributed by atoms with Gasteiger partial charge in [-0.05, 0) is 42.7 Å². The molecule has 0 spiro atoms. The summed E-state index contributed by atoms with van der Waals surface area (Å²) >= 11 is 0. The zero-order chi connectivity index (χ0) is 14.6. The van der Waals surface area contributed by atoms with E-state index in [0.717, 1.165) is 31.6 Å². The van der Waals surface area contributed by atoms with Crippen molar-refractivity contribution in [2.75, 3.05) is 7.11 Å². The Morgan fingerprint density at radius 2 is 2.14 bits per heavy atom. The lowest BCUT2D eigenvalue weighted by Gasteiger charge is -2.37. The van der Waals surface area contributed by atoms with E-state index in [-0.39, 0.29) is 5.92 Å². The van der Waals surface area contributed by atoms with E-state index >= 15 is 0 Å². The van der Waals surface area contributed by atoms with Crippen molar-refractivity contribution in [3.63, 3.8) is 0 Å². The monoisotopic (exact) mass is 286 g/mol. The second-order valence-electron chi connectivity index (χ2n) is 6.78. The third kappa shape index (κ3) is 1.96. The van der Waals surface area contributed by atoms with Crippen LogP contribution in [0.2, 0.25) is 0 Å². The number of carbonyl (C=O) groups excluding carboxylic acids is 1. The molecule has 4 heteroatoms. The molecule has 0 bridgehead atoms. The van der Waals surface area contributed by atoms with Crippen molar-refractivity contribution in [1.82, 2.24) is 4.90 Å². The Morgan fingerprint density at radius 1 is 1.29 bits per heavy atom. The topological polar surface area (TPSA) is 55.6 Å². The number of amides is 1. The van der Waals surface area contributed by atoms with Crippen LogP contribution >= 0.6 is 0 Å². The molecule has 4 nitrogen and oxygen atoms in total. The number of nitrogens with zero attached hydrogens (tertiary/aromatic N) is 1. The van der Waals surface area contributed by atoms with Crippen molar-refractivity contribution in [3.05, 3.63) is 29.3 Å². The Labute approximate surface area is 125 Å². The maximum atomic E-state index is 12.8. The van der Waals surface area contributed by atoms with Gasteiger partial charge >= 0.3 is 0 Å². The molecule has 21 heavy (non-hydrogen) atoms. The van der Waals surface area contributed by atoms with E-state index < -0.39 is 0 Å². The maximum absolute atomic E-state index is 12.8. The molecule has 4 rings (SSSR count). The summed E-state index contributed by atoms with van der Waals surface area (Å²) < 4.78 is 5.41. The lowest BCUT2D eigenvalue weighted by atomic mass is 9.72. The van der Waals surface area contributed by atoms with E-state index in [4.69, 9.17) is 10.5 Å². The van der Waals surface area contributed by atoms with Gasteiger partial charge < -0.3 is 15.4 Å². The number of hydrogen-bond acceptors (Lipinski definition) is 3. The number of fused-ring (bicyclic) bond motifs is 2. The van der Waals surface area contributed by atoms with Gasteiger partial charge in [-0.1, -0.05) is 12.1 Å².